The van der Waals surface area contributed by atoms with E-state index >= 15 is 0 Å². The number of halogens is 1. The molecule has 0 radical (unpaired) electrons. The predicted molar refractivity (Wildman–Crippen MR) is 98.1 cm³/mol. The van der Waals surface area contributed by atoms with Gasteiger partial charge in [0.2, 0.25) is 0 Å². The van der Waals surface area contributed by atoms with E-state index in [1.165, 1.54) is 0 Å². The molecule has 1 heterocycles. The zero-order valence-electron chi connectivity index (χ0n) is 14.0. The van der Waals surface area contributed by atoms with E-state index in [9.17, 15) is 9.59 Å². The van der Waals surface area contributed by atoms with Gasteiger partial charge in [-0.15, -0.1) is 0 Å². The van der Waals surface area contributed by atoms with Crippen molar-refractivity contribution in [1.29, 1.82) is 0 Å². The highest BCUT2D eigenvalue weighted by Gasteiger charge is 2.19. The molecule has 25 heavy (non-hydrogen) atoms. The van der Waals surface area contributed by atoms with E-state index in [2.05, 4.69) is 15.6 Å². The van der Waals surface area contributed by atoms with E-state index < -0.39 is 0 Å². The number of hydrogen-bond donors (Lipinski definition) is 2. The maximum Gasteiger partial charge on any atom is 0.274 e. The van der Waals surface area contributed by atoms with Gasteiger partial charge >= 0.3 is 0 Å². The Hall–Kier alpha value is -2.40. The van der Waals surface area contributed by atoms with Crippen molar-refractivity contribution in [2.24, 2.45) is 0 Å². The number of aromatic nitrogens is 1. The van der Waals surface area contributed by atoms with Crippen LogP contribution >= 0.6 is 11.6 Å². The molecule has 1 aliphatic rings. The summed E-state index contributed by atoms with van der Waals surface area (Å²) in [7, 11) is 0. The van der Waals surface area contributed by atoms with Gasteiger partial charge in [-0.05, 0) is 49.6 Å². The fraction of sp³-hybridized carbons (Fsp3) is 0.316. The summed E-state index contributed by atoms with van der Waals surface area (Å²) in [6.07, 6.45) is 4.28. The Balaban J connectivity index is 1.72. The van der Waals surface area contributed by atoms with Crippen LogP contribution in [0.4, 0.5) is 5.69 Å². The molecular formula is C19H20ClN3O2. The van der Waals surface area contributed by atoms with Crippen LogP contribution in [0, 0.1) is 6.92 Å². The highest BCUT2D eigenvalue weighted by atomic mass is 35.5. The first-order valence-corrected chi connectivity index (χ1v) is 8.77. The fourth-order valence-corrected chi connectivity index (χ4v) is 3.12. The van der Waals surface area contributed by atoms with Crippen LogP contribution in [-0.4, -0.2) is 22.8 Å². The SMILES string of the molecule is Cc1c(Cl)cccc1NC(=O)c1cccc(C(=O)NC2CCCC2)n1. The minimum Gasteiger partial charge on any atom is -0.348 e. The van der Waals surface area contributed by atoms with Gasteiger partial charge in [0.05, 0.1) is 0 Å². The zero-order valence-corrected chi connectivity index (χ0v) is 14.8. The van der Waals surface area contributed by atoms with Gasteiger partial charge in [0.1, 0.15) is 11.4 Å². The van der Waals surface area contributed by atoms with Gasteiger partial charge in [-0.2, -0.15) is 0 Å². The second-order valence-electron chi connectivity index (χ2n) is 6.23. The fourth-order valence-electron chi connectivity index (χ4n) is 2.95. The minimum atomic E-state index is -0.374. The predicted octanol–water partition coefficient (Wildman–Crippen LogP) is 3.97. The number of hydrogen-bond acceptors (Lipinski definition) is 3. The Morgan fingerprint density at radius 1 is 1.04 bits per heavy atom. The standard InChI is InChI=1S/C19H20ClN3O2/c1-12-14(20)8-4-9-15(12)23-19(25)17-11-5-10-16(22-17)18(24)21-13-6-2-3-7-13/h4-5,8-11,13H,2-3,6-7H2,1H3,(H,21,24)(H,23,25). The van der Waals surface area contributed by atoms with Crippen molar-refractivity contribution in [3.8, 4) is 0 Å². The van der Waals surface area contributed by atoms with Crippen LogP contribution < -0.4 is 10.6 Å². The molecule has 2 amide bonds. The van der Waals surface area contributed by atoms with Crippen LogP contribution in [0.2, 0.25) is 5.02 Å². The largest absolute Gasteiger partial charge is 0.348 e. The summed E-state index contributed by atoms with van der Waals surface area (Å²) in [6, 6.07) is 10.4. The lowest BCUT2D eigenvalue weighted by Crippen LogP contribution is -2.33. The van der Waals surface area contributed by atoms with Gasteiger partial charge < -0.3 is 10.6 Å². The number of nitrogens with one attached hydrogen (secondary N) is 2. The molecule has 6 heteroatoms. The second kappa shape index (κ2) is 7.66. The Labute approximate surface area is 151 Å². The minimum absolute atomic E-state index is 0.193. The number of carbonyl (C=O) groups excluding carboxylic acids is 2. The highest BCUT2D eigenvalue weighted by molar-refractivity contribution is 6.31. The highest BCUT2D eigenvalue weighted by Crippen LogP contribution is 2.23. The molecule has 5 nitrogen and oxygen atoms in total. The van der Waals surface area contributed by atoms with Crippen molar-refractivity contribution < 1.29 is 9.59 Å². The zero-order chi connectivity index (χ0) is 17.8. The molecule has 0 spiro atoms. The Morgan fingerprint density at radius 3 is 2.40 bits per heavy atom. The van der Waals surface area contributed by atoms with E-state index in [1.807, 2.05) is 6.92 Å². The first-order chi connectivity index (χ1) is 12.0. The molecular weight excluding hydrogens is 338 g/mol. The maximum absolute atomic E-state index is 12.4. The third-order valence-electron chi connectivity index (χ3n) is 4.42. The maximum atomic E-state index is 12.4. The molecule has 1 fully saturated rings. The van der Waals surface area contributed by atoms with Crippen LogP contribution in [-0.2, 0) is 0 Å². The number of anilines is 1. The number of benzene rings is 1. The average Bonchev–Trinajstić information content (AvgIpc) is 3.12. The molecule has 1 aromatic carbocycles. The molecule has 0 saturated heterocycles. The summed E-state index contributed by atoms with van der Waals surface area (Å²) in [5.74, 6) is -0.610. The third-order valence-corrected chi connectivity index (χ3v) is 4.83. The third kappa shape index (κ3) is 4.17. The molecule has 0 unspecified atom stereocenters. The summed E-state index contributed by atoms with van der Waals surface area (Å²) in [4.78, 5) is 29.0. The smallest absolute Gasteiger partial charge is 0.274 e. The summed E-state index contributed by atoms with van der Waals surface area (Å²) >= 11 is 6.07. The van der Waals surface area contributed by atoms with Crippen molar-refractivity contribution in [1.82, 2.24) is 10.3 Å². The molecule has 0 aliphatic heterocycles. The lowest BCUT2D eigenvalue weighted by molar-refractivity contribution is 0.0932. The molecule has 130 valence electrons. The molecule has 2 aromatic rings. The number of nitrogens with zero attached hydrogens (tertiary/aromatic N) is 1. The van der Waals surface area contributed by atoms with Gasteiger partial charge in [0, 0.05) is 16.8 Å². The summed E-state index contributed by atoms with van der Waals surface area (Å²) in [5, 5.41) is 6.35. The van der Waals surface area contributed by atoms with E-state index in [1.54, 1.807) is 36.4 Å². The average molecular weight is 358 g/mol. The van der Waals surface area contributed by atoms with Crippen molar-refractivity contribution in [2.45, 2.75) is 38.6 Å². The first kappa shape index (κ1) is 17.4. The number of amides is 2. The van der Waals surface area contributed by atoms with Crippen LogP contribution in [0.1, 0.15) is 52.2 Å². The van der Waals surface area contributed by atoms with Crippen molar-refractivity contribution in [3.63, 3.8) is 0 Å². The summed E-state index contributed by atoms with van der Waals surface area (Å²) in [6.45, 7) is 1.83. The van der Waals surface area contributed by atoms with Gasteiger partial charge in [0.25, 0.3) is 11.8 Å². The molecule has 0 bridgehead atoms. The van der Waals surface area contributed by atoms with E-state index in [4.69, 9.17) is 11.6 Å². The lowest BCUT2D eigenvalue weighted by Gasteiger charge is -2.12. The number of rotatable bonds is 4. The molecule has 0 atom stereocenters. The van der Waals surface area contributed by atoms with Crippen molar-refractivity contribution >= 4 is 29.1 Å². The topological polar surface area (TPSA) is 71.1 Å². The number of carbonyl (C=O) groups is 2. The second-order valence-corrected chi connectivity index (χ2v) is 6.64. The van der Waals surface area contributed by atoms with Gasteiger partial charge in [-0.25, -0.2) is 4.98 Å². The van der Waals surface area contributed by atoms with Crippen LogP contribution in [0.5, 0.6) is 0 Å². The quantitative estimate of drug-likeness (QED) is 0.869. The van der Waals surface area contributed by atoms with Crippen molar-refractivity contribution in [2.75, 3.05) is 5.32 Å². The Morgan fingerprint density at radius 2 is 1.68 bits per heavy atom. The Bertz CT molecular complexity index is 801. The lowest BCUT2D eigenvalue weighted by atomic mass is 10.2. The van der Waals surface area contributed by atoms with E-state index in [0.29, 0.717) is 10.7 Å². The van der Waals surface area contributed by atoms with Crippen LogP contribution in [0.3, 0.4) is 0 Å². The monoisotopic (exact) mass is 357 g/mol. The van der Waals surface area contributed by atoms with Gasteiger partial charge in [-0.3, -0.25) is 9.59 Å². The molecule has 1 aromatic heterocycles. The summed E-state index contributed by atoms with van der Waals surface area (Å²) in [5.41, 5.74) is 1.86. The van der Waals surface area contributed by atoms with E-state index in [-0.39, 0.29) is 29.2 Å². The van der Waals surface area contributed by atoms with Gasteiger partial charge in [-0.1, -0.05) is 36.6 Å². The van der Waals surface area contributed by atoms with Crippen LogP contribution in [0.25, 0.3) is 0 Å². The van der Waals surface area contributed by atoms with Crippen molar-refractivity contribution in [3.05, 3.63) is 58.4 Å². The number of pyridine rings is 1. The Kier molecular flexibility index (Phi) is 5.34. The van der Waals surface area contributed by atoms with Crippen LogP contribution in [0.15, 0.2) is 36.4 Å². The molecule has 3 rings (SSSR count). The molecule has 1 aliphatic carbocycles. The normalized spacial score (nSPS) is 14.3. The molecule has 2 N–H and O–H groups in total. The first-order valence-electron chi connectivity index (χ1n) is 8.39. The molecule has 1 saturated carbocycles. The summed E-state index contributed by atoms with van der Waals surface area (Å²) < 4.78 is 0. The van der Waals surface area contributed by atoms with Gasteiger partial charge in [0.15, 0.2) is 0 Å². The van der Waals surface area contributed by atoms with E-state index in [0.717, 1.165) is 31.2 Å².